The fraction of sp³-hybridized carbons (Fsp3) is 0.526. The predicted octanol–water partition coefficient (Wildman–Crippen LogP) is 8.74. The Morgan fingerprint density at radius 1 is 0.838 bits per heavy atom. The second-order valence-corrected chi connectivity index (χ2v) is 21.5. The smallest absolute Gasteiger partial charge is 0.319 e. The van der Waals surface area contributed by atoms with Gasteiger partial charge in [-0.25, -0.2) is 13.2 Å². The molecule has 5 saturated heterocycles. The third-order valence-corrected chi connectivity index (χ3v) is 16.5. The van der Waals surface area contributed by atoms with Crippen molar-refractivity contribution in [3.8, 4) is 23.0 Å². The number of ether oxygens (including phenoxy) is 2. The topological polar surface area (TPSA) is 149 Å². The van der Waals surface area contributed by atoms with Gasteiger partial charge in [0.1, 0.15) is 47.1 Å². The highest BCUT2D eigenvalue weighted by atomic mass is 19.1. The minimum atomic E-state index is -0.723. The van der Waals surface area contributed by atoms with Gasteiger partial charge in [-0.15, -0.1) is 0 Å². The van der Waals surface area contributed by atoms with E-state index in [9.17, 15) is 19.1 Å². The van der Waals surface area contributed by atoms with Gasteiger partial charge in [0.2, 0.25) is 5.91 Å². The van der Waals surface area contributed by atoms with Crippen LogP contribution in [0.2, 0.25) is 0 Å². The number of aromatic nitrogens is 3. The molecule has 5 aromatic rings. The first-order valence-electron chi connectivity index (χ1n) is 27.1. The Morgan fingerprint density at radius 2 is 1.64 bits per heavy atom. The summed E-state index contributed by atoms with van der Waals surface area (Å²) in [7, 11) is 0. The summed E-state index contributed by atoms with van der Waals surface area (Å²) in [5.41, 5.74) is 2.98. The average Bonchev–Trinajstić information content (AvgIpc) is 4.10. The van der Waals surface area contributed by atoms with E-state index in [2.05, 4.69) is 41.9 Å². The van der Waals surface area contributed by atoms with Gasteiger partial charge in [-0.3, -0.25) is 19.5 Å². The second kappa shape index (κ2) is 22.1. The van der Waals surface area contributed by atoms with Crippen LogP contribution in [-0.4, -0.2) is 136 Å². The van der Waals surface area contributed by atoms with Gasteiger partial charge in [0.05, 0.1) is 5.39 Å². The van der Waals surface area contributed by atoms with Crippen LogP contribution in [0, 0.1) is 17.5 Å². The minimum Gasteiger partial charge on any atom is -0.508 e. The van der Waals surface area contributed by atoms with Gasteiger partial charge in [-0.2, -0.15) is 9.97 Å². The molecule has 0 saturated carbocycles. The molecule has 2 aromatic heterocycles. The summed E-state index contributed by atoms with van der Waals surface area (Å²) < 4.78 is 59.5. The van der Waals surface area contributed by atoms with Crippen molar-refractivity contribution in [1.82, 2.24) is 40.3 Å². The number of hydrogen-bond donors (Lipinski definition) is 3. The van der Waals surface area contributed by atoms with E-state index in [1.54, 1.807) is 29.3 Å². The molecular weight excluding hydrogens is 948 g/mol. The van der Waals surface area contributed by atoms with Gasteiger partial charge in [-0.05, 0) is 150 Å². The Balaban J connectivity index is 0.610. The van der Waals surface area contributed by atoms with Crippen LogP contribution in [0.4, 0.5) is 19.0 Å². The van der Waals surface area contributed by atoms with Crippen LogP contribution in [-0.2, 0) is 16.1 Å². The number of piperazine rings is 1. The summed E-state index contributed by atoms with van der Waals surface area (Å²) in [6.45, 7) is 12.2. The quantitative estimate of drug-likeness (QED) is 0.0680. The van der Waals surface area contributed by atoms with E-state index in [1.807, 2.05) is 0 Å². The van der Waals surface area contributed by atoms with Crippen LogP contribution in [0.3, 0.4) is 0 Å². The zero-order valence-corrected chi connectivity index (χ0v) is 42.2. The van der Waals surface area contributed by atoms with E-state index >= 15 is 8.78 Å². The lowest BCUT2D eigenvalue weighted by molar-refractivity contribution is -0.126. The molecule has 0 radical (unpaired) electrons. The molecule has 392 valence electrons. The number of nitrogens with zero attached hydrogens (tertiary/aromatic N) is 7. The van der Waals surface area contributed by atoms with E-state index < -0.39 is 17.7 Å². The Morgan fingerprint density at radius 3 is 2.46 bits per heavy atom. The Hall–Kier alpha value is -5.88. The van der Waals surface area contributed by atoms with E-state index in [-0.39, 0.29) is 63.5 Å². The molecule has 6 aliphatic heterocycles. The minimum absolute atomic E-state index is 0.0454. The average molecular weight is 1020 g/mol. The molecule has 0 spiro atoms. The number of hydrogen-bond acceptors (Lipinski definition) is 12. The second-order valence-electron chi connectivity index (χ2n) is 21.5. The summed E-state index contributed by atoms with van der Waals surface area (Å²) >= 11 is 0. The summed E-state index contributed by atoms with van der Waals surface area (Å²) in [5.74, 6) is -1.47. The number of pyridine rings is 1. The summed E-state index contributed by atoms with van der Waals surface area (Å²) in [5, 5.41) is 18.1. The third-order valence-electron chi connectivity index (χ3n) is 16.5. The van der Waals surface area contributed by atoms with Gasteiger partial charge in [0.25, 0.3) is 5.91 Å². The Bertz CT molecular complexity index is 2900. The maximum Gasteiger partial charge on any atom is 0.319 e. The number of phenols is 1. The van der Waals surface area contributed by atoms with Crippen LogP contribution in [0.25, 0.3) is 32.9 Å². The molecule has 4 atom stereocenters. The Kier molecular flexibility index (Phi) is 15.0. The fourth-order valence-electron chi connectivity index (χ4n) is 12.7. The number of benzene rings is 3. The molecule has 3 N–H and O–H groups in total. The number of anilines is 1. The number of likely N-dealkylation sites (tertiary alicyclic amines) is 2. The number of unbranched alkanes of at least 4 members (excludes halogenated alkanes) is 4. The summed E-state index contributed by atoms with van der Waals surface area (Å²) in [6.07, 6.45) is 15.3. The van der Waals surface area contributed by atoms with Crippen LogP contribution in [0.5, 0.6) is 11.8 Å². The number of fused-ring (bicyclic) bond motifs is 5. The number of phenolic OH excluding ortho intramolecular Hbond substituents is 1. The Labute approximate surface area is 430 Å². The van der Waals surface area contributed by atoms with E-state index in [4.69, 9.17) is 14.5 Å². The zero-order chi connectivity index (χ0) is 50.9. The summed E-state index contributed by atoms with van der Waals surface area (Å²) in [4.78, 5) is 49.0. The normalized spacial score (nSPS) is 22.7. The standard InChI is InChI=1S/C57H68F3N9O5/c1-35-13-16-49(55(71)62-35)69-33-47-43(27-38(58)28-44(47)56(69)72)36-17-22-66(23-18-36)19-5-3-2-4-6-24-73-25-9-21-67-20-8-11-41(67)34-74-57-64-53-46(54(65-57)68-31-39-14-15-40(32-68)63-39)30-61-52(51(53)60)45-29-42(70)26-37-10-7-12-48(59)50(37)45/h7,10,12,26-30,36,39-41,49,63,70H,1-6,8-9,11,13-25,31-34H2,(H,62,71)/t39?,40?,41-,49?/m0/s1. The van der Waals surface area contributed by atoms with E-state index in [1.165, 1.54) is 37.1 Å². The highest BCUT2D eigenvalue weighted by Gasteiger charge is 2.41. The molecular formula is C57H68F3N9O5. The fourth-order valence-corrected chi connectivity index (χ4v) is 12.7. The lowest BCUT2D eigenvalue weighted by atomic mass is 9.85. The van der Waals surface area contributed by atoms with Crippen molar-refractivity contribution in [2.45, 2.75) is 127 Å². The zero-order valence-electron chi connectivity index (χ0n) is 42.2. The monoisotopic (exact) mass is 1020 g/mol. The molecule has 11 rings (SSSR count). The number of carbonyl (C=O) groups is 2. The van der Waals surface area contributed by atoms with Crippen molar-refractivity contribution >= 4 is 39.3 Å². The number of aromatic hydroxyl groups is 1. The van der Waals surface area contributed by atoms with Crippen LogP contribution in [0.15, 0.2) is 60.9 Å². The number of piperidine rings is 2. The van der Waals surface area contributed by atoms with Crippen LogP contribution >= 0.6 is 0 Å². The van der Waals surface area contributed by atoms with Gasteiger partial charge in [0.15, 0.2) is 5.82 Å². The third kappa shape index (κ3) is 10.7. The number of rotatable bonds is 19. The summed E-state index contributed by atoms with van der Waals surface area (Å²) in [6, 6.07) is 10.6. The molecule has 2 amide bonds. The first-order valence-corrected chi connectivity index (χ1v) is 27.1. The number of halogens is 3. The number of allylic oxidation sites excluding steroid dienone is 1. The molecule has 6 aliphatic rings. The molecule has 0 aliphatic carbocycles. The predicted molar refractivity (Wildman–Crippen MR) is 278 cm³/mol. The van der Waals surface area contributed by atoms with Crippen LogP contribution < -0.4 is 20.3 Å². The highest BCUT2D eigenvalue weighted by molar-refractivity contribution is 6.02. The van der Waals surface area contributed by atoms with E-state index in [0.29, 0.717) is 85.6 Å². The molecule has 74 heavy (non-hydrogen) atoms. The number of amides is 2. The van der Waals surface area contributed by atoms with Crippen molar-refractivity contribution in [2.75, 3.05) is 70.5 Å². The lowest BCUT2D eigenvalue weighted by Crippen LogP contribution is -2.51. The lowest BCUT2D eigenvalue weighted by Gasteiger charge is -2.34. The first kappa shape index (κ1) is 50.3. The molecule has 8 heterocycles. The van der Waals surface area contributed by atoms with Crippen molar-refractivity contribution in [2.24, 2.45) is 0 Å². The SMILES string of the molecule is C=C1CCC(N2Cc3c(cc(F)cc3C3CCN(CCCCCCCOCCCN4CCC[C@H]4COc4nc(N5CC6CCC(C5)N6)c5cnc(-c6cc(O)cc7cccc(F)c67)c(F)c5n4)CC3)C2=O)C(=O)N1. The van der Waals surface area contributed by atoms with E-state index in [0.717, 1.165) is 115 Å². The van der Waals surface area contributed by atoms with Gasteiger partial charge < -0.3 is 39.9 Å². The first-order chi connectivity index (χ1) is 36.0. The number of carbonyl (C=O) groups excluding carboxylic acids is 2. The number of nitrogens with one attached hydrogen (secondary N) is 2. The maximum atomic E-state index is 16.9. The molecule has 3 aromatic carbocycles. The largest absolute Gasteiger partial charge is 0.508 e. The highest BCUT2D eigenvalue weighted by Crippen LogP contribution is 2.40. The van der Waals surface area contributed by atoms with Crippen molar-refractivity contribution < 1.29 is 37.3 Å². The van der Waals surface area contributed by atoms with Crippen molar-refractivity contribution in [3.63, 3.8) is 0 Å². The molecule has 5 fully saturated rings. The van der Waals surface area contributed by atoms with Gasteiger partial charge in [-0.1, -0.05) is 38.0 Å². The van der Waals surface area contributed by atoms with Crippen LogP contribution in [0.1, 0.15) is 117 Å². The van der Waals surface area contributed by atoms with Crippen molar-refractivity contribution in [1.29, 1.82) is 0 Å². The van der Waals surface area contributed by atoms with Crippen molar-refractivity contribution in [3.05, 3.63) is 95.1 Å². The maximum absolute atomic E-state index is 16.9. The molecule has 17 heteroatoms. The molecule has 14 nitrogen and oxygen atoms in total. The van der Waals surface area contributed by atoms with Gasteiger partial charge in [0, 0.05) is 85.9 Å². The molecule has 2 bridgehead atoms. The molecule has 3 unspecified atom stereocenters. The van der Waals surface area contributed by atoms with Gasteiger partial charge >= 0.3 is 6.01 Å².